The van der Waals surface area contributed by atoms with Gasteiger partial charge in [0.15, 0.2) is 11.6 Å². The van der Waals surface area contributed by atoms with Gasteiger partial charge in [-0.25, -0.2) is 8.78 Å². The Morgan fingerprint density at radius 1 is 1.28 bits per heavy atom. The van der Waals surface area contributed by atoms with Gasteiger partial charge < -0.3 is 0 Å². The molecule has 6 heteroatoms. The Morgan fingerprint density at radius 2 is 2.11 bits per heavy atom. The van der Waals surface area contributed by atoms with Crippen molar-refractivity contribution in [2.24, 2.45) is 5.84 Å². The molecule has 0 aliphatic rings. The van der Waals surface area contributed by atoms with E-state index in [1.807, 2.05) is 0 Å². The van der Waals surface area contributed by atoms with Crippen LogP contribution in [-0.2, 0) is 12.8 Å². The van der Waals surface area contributed by atoms with Crippen LogP contribution in [-0.4, -0.2) is 11.0 Å². The van der Waals surface area contributed by atoms with Crippen LogP contribution in [0.4, 0.5) is 8.78 Å². The molecule has 0 amide bonds. The first kappa shape index (κ1) is 13.1. The number of benzene rings is 1. The molecule has 1 heterocycles. The normalized spacial score (nSPS) is 12.6. The lowest BCUT2D eigenvalue weighted by molar-refractivity contribution is 0.499. The summed E-state index contributed by atoms with van der Waals surface area (Å²) in [4.78, 5) is 5.08. The summed E-state index contributed by atoms with van der Waals surface area (Å²) in [6.07, 6.45) is 3.02. The number of halogens is 2. The predicted molar refractivity (Wildman–Crippen MR) is 67.0 cm³/mol. The highest BCUT2D eigenvalue weighted by Crippen LogP contribution is 2.14. The van der Waals surface area contributed by atoms with Crippen LogP contribution < -0.4 is 11.3 Å². The average molecular weight is 269 g/mol. The van der Waals surface area contributed by atoms with Crippen molar-refractivity contribution in [1.82, 2.24) is 10.4 Å². The molecule has 0 bridgehead atoms. The highest BCUT2D eigenvalue weighted by atomic mass is 32.1. The Hall–Kier alpha value is -1.37. The van der Waals surface area contributed by atoms with Gasteiger partial charge in [-0.1, -0.05) is 6.07 Å². The Kier molecular flexibility index (Phi) is 4.35. The number of nitrogens with zero attached hydrogens (tertiary/aromatic N) is 1. The highest BCUT2D eigenvalue weighted by molar-refractivity contribution is 7.09. The average Bonchev–Trinajstić information content (AvgIpc) is 2.86. The zero-order valence-corrected chi connectivity index (χ0v) is 10.4. The monoisotopic (exact) mass is 269 g/mol. The maximum Gasteiger partial charge on any atom is 0.159 e. The summed E-state index contributed by atoms with van der Waals surface area (Å²) >= 11 is 1.54. The van der Waals surface area contributed by atoms with Crippen LogP contribution in [0.15, 0.2) is 29.9 Å². The van der Waals surface area contributed by atoms with E-state index in [2.05, 4.69) is 10.4 Å². The summed E-state index contributed by atoms with van der Waals surface area (Å²) in [5.74, 6) is 3.80. The van der Waals surface area contributed by atoms with Gasteiger partial charge in [-0.2, -0.15) is 0 Å². The van der Waals surface area contributed by atoms with Gasteiger partial charge in [0, 0.05) is 23.5 Å². The van der Waals surface area contributed by atoms with Crippen molar-refractivity contribution < 1.29 is 8.78 Å². The van der Waals surface area contributed by atoms with Crippen LogP contribution in [0, 0.1) is 11.6 Å². The van der Waals surface area contributed by atoms with E-state index in [0.29, 0.717) is 18.4 Å². The molecule has 96 valence electrons. The maximum absolute atomic E-state index is 13.1. The lowest BCUT2D eigenvalue weighted by Crippen LogP contribution is -2.38. The van der Waals surface area contributed by atoms with E-state index in [-0.39, 0.29) is 6.04 Å². The van der Waals surface area contributed by atoms with E-state index >= 15 is 0 Å². The Balaban J connectivity index is 2.03. The molecule has 2 rings (SSSR count). The smallest absolute Gasteiger partial charge is 0.159 e. The molecule has 18 heavy (non-hydrogen) atoms. The van der Waals surface area contributed by atoms with Crippen LogP contribution in [0.3, 0.4) is 0 Å². The van der Waals surface area contributed by atoms with Crippen molar-refractivity contribution in [2.75, 3.05) is 0 Å². The van der Waals surface area contributed by atoms with E-state index in [9.17, 15) is 8.78 Å². The number of hydrogen-bond donors (Lipinski definition) is 2. The predicted octanol–water partition coefficient (Wildman–Crippen LogP) is 2.04. The fourth-order valence-electron chi connectivity index (χ4n) is 1.73. The molecule has 0 spiro atoms. The summed E-state index contributed by atoms with van der Waals surface area (Å²) in [6, 6.07) is 3.86. The van der Waals surface area contributed by atoms with Crippen LogP contribution >= 0.6 is 11.3 Å². The number of nitrogens with one attached hydrogen (secondary N) is 1. The van der Waals surface area contributed by atoms with Gasteiger partial charge in [-0.15, -0.1) is 11.3 Å². The third kappa shape index (κ3) is 3.32. The van der Waals surface area contributed by atoms with Gasteiger partial charge in [0.1, 0.15) is 0 Å². The van der Waals surface area contributed by atoms with Crippen molar-refractivity contribution in [2.45, 2.75) is 18.9 Å². The molecule has 1 unspecified atom stereocenters. The van der Waals surface area contributed by atoms with E-state index < -0.39 is 11.6 Å². The first-order valence-corrected chi connectivity index (χ1v) is 6.34. The van der Waals surface area contributed by atoms with Crippen molar-refractivity contribution >= 4 is 11.3 Å². The van der Waals surface area contributed by atoms with Crippen molar-refractivity contribution in [3.8, 4) is 0 Å². The quantitative estimate of drug-likeness (QED) is 0.645. The molecule has 0 radical (unpaired) electrons. The van der Waals surface area contributed by atoms with E-state index in [0.717, 1.165) is 10.9 Å². The number of rotatable bonds is 5. The number of nitrogens with two attached hydrogens (primary N) is 1. The minimum atomic E-state index is -0.835. The molecular weight excluding hydrogens is 256 g/mol. The summed E-state index contributed by atoms with van der Waals surface area (Å²) in [5, 5.41) is 0. The third-order valence-electron chi connectivity index (χ3n) is 2.63. The highest BCUT2D eigenvalue weighted by Gasteiger charge is 2.11. The van der Waals surface area contributed by atoms with Crippen molar-refractivity contribution in [3.05, 3.63) is 52.0 Å². The third-order valence-corrected chi connectivity index (χ3v) is 3.43. The fourth-order valence-corrected chi connectivity index (χ4v) is 2.40. The Bertz CT molecular complexity index is 502. The van der Waals surface area contributed by atoms with Crippen LogP contribution in [0.5, 0.6) is 0 Å². The van der Waals surface area contributed by atoms with Crippen LogP contribution in [0.2, 0.25) is 0 Å². The Labute approximate surface area is 108 Å². The summed E-state index contributed by atoms with van der Waals surface area (Å²) < 4.78 is 25.9. The largest absolute Gasteiger partial charge is 0.271 e. The molecule has 3 N–H and O–H groups in total. The second-order valence-electron chi connectivity index (χ2n) is 3.99. The van der Waals surface area contributed by atoms with Crippen molar-refractivity contribution in [3.63, 3.8) is 0 Å². The second-order valence-corrected chi connectivity index (χ2v) is 4.96. The molecule has 0 fully saturated rings. The van der Waals surface area contributed by atoms with E-state index in [1.54, 1.807) is 29.1 Å². The molecule has 2 aromatic rings. The van der Waals surface area contributed by atoms with Crippen LogP contribution in [0.1, 0.15) is 10.4 Å². The lowest BCUT2D eigenvalue weighted by atomic mass is 10.0. The SMILES string of the molecule is NNC(Cc1ccc(F)c(F)c1)Cc1cncs1. The molecule has 0 saturated heterocycles. The number of thiazole rings is 1. The molecule has 1 atom stereocenters. The second kappa shape index (κ2) is 5.99. The standard InChI is InChI=1S/C12H13F2N3S/c13-11-2-1-8(4-12(11)14)3-9(17-15)5-10-6-16-7-18-10/h1-2,4,6-7,9,17H,3,5,15H2. The molecule has 0 aliphatic carbocycles. The topological polar surface area (TPSA) is 50.9 Å². The number of hydrogen-bond acceptors (Lipinski definition) is 4. The first-order chi connectivity index (χ1) is 8.69. The Morgan fingerprint density at radius 3 is 2.72 bits per heavy atom. The van der Waals surface area contributed by atoms with Gasteiger partial charge in [0.25, 0.3) is 0 Å². The minimum Gasteiger partial charge on any atom is -0.271 e. The summed E-state index contributed by atoms with van der Waals surface area (Å²) in [7, 11) is 0. The van der Waals surface area contributed by atoms with Gasteiger partial charge in [0.05, 0.1) is 5.51 Å². The van der Waals surface area contributed by atoms with Crippen molar-refractivity contribution in [1.29, 1.82) is 0 Å². The van der Waals surface area contributed by atoms with Gasteiger partial charge in [-0.3, -0.25) is 16.3 Å². The molecular formula is C12H13F2N3S. The number of hydrazine groups is 1. The van der Waals surface area contributed by atoms with Gasteiger partial charge in [0.2, 0.25) is 0 Å². The van der Waals surface area contributed by atoms with E-state index in [1.165, 1.54) is 6.07 Å². The summed E-state index contributed by atoms with van der Waals surface area (Å²) in [5.41, 5.74) is 5.15. The maximum atomic E-state index is 13.1. The molecule has 0 aliphatic heterocycles. The molecule has 1 aromatic carbocycles. The minimum absolute atomic E-state index is 0.0321. The molecule has 3 nitrogen and oxygen atoms in total. The van der Waals surface area contributed by atoms with Gasteiger partial charge in [-0.05, 0) is 24.1 Å². The van der Waals surface area contributed by atoms with Gasteiger partial charge >= 0.3 is 0 Å². The van der Waals surface area contributed by atoms with Crippen LogP contribution in [0.25, 0.3) is 0 Å². The fraction of sp³-hybridized carbons (Fsp3) is 0.250. The zero-order valence-electron chi connectivity index (χ0n) is 9.57. The number of aromatic nitrogens is 1. The zero-order chi connectivity index (χ0) is 13.0. The molecule has 0 saturated carbocycles. The summed E-state index contributed by atoms with van der Waals surface area (Å²) in [6.45, 7) is 0. The lowest BCUT2D eigenvalue weighted by Gasteiger charge is -2.14. The first-order valence-electron chi connectivity index (χ1n) is 5.46. The molecule has 1 aromatic heterocycles. The van der Waals surface area contributed by atoms with E-state index in [4.69, 9.17) is 5.84 Å².